The van der Waals surface area contributed by atoms with Crippen LogP contribution in [-0.4, -0.2) is 53.7 Å². The standard InChI is InChI=1S/C11H20N2O4/c1-3-4-13(10(14)7(2)12)9-6-17-5-8(9)11(15)16/h7-9H,3-6,12H2,1-2H3,(H,15,16)/t7-,8?,9?/m1/s1. The van der Waals surface area contributed by atoms with Crippen LogP contribution in [0, 0.1) is 5.92 Å². The molecule has 1 amide bonds. The summed E-state index contributed by atoms with van der Waals surface area (Å²) in [6.07, 6.45) is 0.765. The molecule has 6 heteroatoms. The van der Waals surface area contributed by atoms with Crippen molar-refractivity contribution in [1.29, 1.82) is 0 Å². The number of amides is 1. The fourth-order valence-corrected chi connectivity index (χ4v) is 2.03. The maximum atomic E-state index is 11.9. The molecule has 1 heterocycles. The molecule has 0 aromatic carbocycles. The minimum atomic E-state index is -0.925. The molecule has 1 aliphatic rings. The third-order valence-corrected chi connectivity index (χ3v) is 2.91. The molecule has 1 saturated heterocycles. The average molecular weight is 244 g/mol. The zero-order valence-electron chi connectivity index (χ0n) is 10.3. The molecule has 0 spiro atoms. The van der Waals surface area contributed by atoms with E-state index in [1.807, 2.05) is 6.92 Å². The summed E-state index contributed by atoms with van der Waals surface area (Å²) < 4.78 is 5.17. The van der Waals surface area contributed by atoms with Gasteiger partial charge in [0, 0.05) is 6.54 Å². The van der Waals surface area contributed by atoms with E-state index in [-0.39, 0.29) is 19.1 Å². The van der Waals surface area contributed by atoms with Crippen molar-refractivity contribution in [3.63, 3.8) is 0 Å². The van der Waals surface area contributed by atoms with Gasteiger partial charge in [-0.05, 0) is 13.3 Å². The first-order chi connectivity index (χ1) is 7.99. The third kappa shape index (κ3) is 3.17. The van der Waals surface area contributed by atoms with Crippen molar-refractivity contribution in [2.75, 3.05) is 19.8 Å². The monoisotopic (exact) mass is 244 g/mol. The van der Waals surface area contributed by atoms with Gasteiger partial charge in [-0.15, -0.1) is 0 Å². The van der Waals surface area contributed by atoms with Gasteiger partial charge in [0.25, 0.3) is 0 Å². The minimum absolute atomic E-state index is 0.159. The van der Waals surface area contributed by atoms with Crippen molar-refractivity contribution < 1.29 is 19.4 Å². The van der Waals surface area contributed by atoms with Crippen molar-refractivity contribution in [2.45, 2.75) is 32.4 Å². The zero-order valence-corrected chi connectivity index (χ0v) is 10.3. The molecule has 2 unspecified atom stereocenters. The van der Waals surface area contributed by atoms with Crippen LogP contribution in [0.1, 0.15) is 20.3 Å². The smallest absolute Gasteiger partial charge is 0.311 e. The SMILES string of the molecule is CCCN(C(=O)[C@@H](C)N)C1COCC1C(=O)O. The first-order valence-corrected chi connectivity index (χ1v) is 5.85. The lowest BCUT2D eigenvalue weighted by Crippen LogP contribution is -2.51. The first kappa shape index (κ1) is 13.9. The lowest BCUT2D eigenvalue weighted by atomic mass is 10.0. The molecule has 0 aromatic rings. The predicted molar refractivity (Wildman–Crippen MR) is 61.4 cm³/mol. The molecule has 1 rings (SSSR count). The number of hydrogen-bond donors (Lipinski definition) is 2. The lowest BCUT2D eigenvalue weighted by Gasteiger charge is -2.31. The van der Waals surface area contributed by atoms with E-state index in [0.29, 0.717) is 6.54 Å². The van der Waals surface area contributed by atoms with Crippen molar-refractivity contribution in [2.24, 2.45) is 11.7 Å². The summed E-state index contributed by atoms with van der Waals surface area (Å²) in [5.41, 5.74) is 5.58. The summed E-state index contributed by atoms with van der Waals surface area (Å²) in [4.78, 5) is 24.6. The van der Waals surface area contributed by atoms with E-state index in [1.54, 1.807) is 11.8 Å². The number of carbonyl (C=O) groups excluding carboxylic acids is 1. The average Bonchev–Trinajstić information content (AvgIpc) is 2.73. The Labute approximate surface area is 101 Å². The summed E-state index contributed by atoms with van der Waals surface area (Å²) in [5.74, 6) is -1.79. The fraction of sp³-hybridized carbons (Fsp3) is 0.818. The number of hydrogen-bond acceptors (Lipinski definition) is 4. The molecule has 3 atom stereocenters. The number of nitrogens with two attached hydrogens (primary N) is 1. The van der Waals surface area contributed by atoms with Crippen molar-refractivity contribution in [3.8, 4) is 0 Å². The molecule has 1 aliphatic heterocycles. The number of carboxylic acid groups (broad SMARTS) is 1. The normalized spacial score (nSPS) is 25.6. The molecule has 3 N–H and O–H groups in total. The van der Waals surface area contributed by atoms with Crippen molar-refractivity contribution in [1.82, 2.24) is 4.90 Å². The Hall–Kier alpha value is -1.14. The molecule has 0 aliphatic carbocycles. The molecular weight excluding hydrogens is 224 g/mol. The third-order valence-electron chi connectivity index (χ3n) is 2.91. The predicted octanol–water partition coefficient (Wildman–Crippen LogP) is -0.328. The molecule has 98 valence electrons. The number of ether oxygens (including phenoxy) is 1. The Bertz CT molecular complexity index is 293. The fourth-order valence-electron chi connectivity index (χ4n) is 2.03. The van der Waals surface area contributed by atoms with E-state index in [0.717, 1.165) is 6.42 Å². The highest BCUT2D eigenvalue weighted by molar-refractivity contribution is 5.82. The Morgan fingerprint density at radius 2 is 2.18 bits per heavy atom. The van der Waals surface area contributed by atoms with E-state index in [1.165, 1.54) is 0 Å². The summed E-state index contributed by atoms with van der Waals surface area (Å²) in [5, 5.41) is 9.07. The van der Waals surface area contributed by atoms with Crippen molar-refractivity contribution >= 4 is 11.9 Å². The highest BCUT2D eigenvalue weighted by Crippen LogP contribution is 2.21. The Morgan fingerprint density at radius 3 is 2.65 bits per heavy atom. The van der Waals surface area contributed by atoms with Gasteiger partial charge in [-0.25, -0.2) is 0 Å². The second kappa shape index (κ2) is 5.97. The largest absolute Gasteiger partial charge is 0.481 e. The van der Waals surface area contributed by atoms with Gasteiger partial charge in [-0.3, -0.25) is 9.59 Å². The van der Waals surface area contributed by atoms with Gasteiger partial charge in [0.05, 0.1) is 25.3 Å². The van der Waals surface area contributed by atoms with Gasteiger partial charge in [-0.1, -0.05) is 6.92 Å². The maximum Gasteiger partial charge on any atom is 0.311 e. The second-order valence-corrected chi connectivity index (χ2v) is 4.37. The molecule has 1 fully saturated rings. The van der Waals surface area contributed by atoms with Crippen LogP contribution in [0.2, 0.25) is 0 Å². The van der Waals surface area contributed by atoms with Crippen LogP contribution in [0.4, 0.5) is 0 Å². The highest BCUT2D eigenvalue weighted by atomic mass is 16.5. The molecular formula is C11H20N2O4. The molecule has 17 heavy (non-hydrogen) atoms. The van der Waals surface area contributed by atoms with Gasteiger partial charge >= 0.3 is 5.97 Å². The number of carboxylic acids is 1. The van der Waals surface area contributed by atoms with E-state index in [9.17, 15) is 9.59 Å². The number of nitrogens with zero attached hydrogens (tertiary/aromatic N) is 1. The molecule has 0 bridgehead atoms. The molecule has 0 radical (unpaired) electrons. The number of carbonyl (C=O) groups is 2. The lowest BCUT2D eigenvalue weighted by molar-refractivity contribution is -0.145. The van der Waals surface area contributed by atoms with Crippen LogP contribution in [0.3, 0.4) is 0 Å². The quantitative estimate of drug-likeness (QED) is 0.691. The van der Waals surface area contributed by atoms with Crippen LogP contribution >= 0.6 is 0 Å². The summed E-state index contributed by atoms with van der Waals surface area (Å²) >= 11 is 0. The van der Waals surface area contributed by atoms with Crippen LogP contribution < -0.4 is 5.73 Å². The number of aliphatic carboxylic acids is 1. The van der Waals surface area contributed by atoms with Gasteiger partial charge in [-0.2, -0.15) is 0 Å². The van der Waals surface area contributed by atoms with E-state index in [2.05, 4.69) is 0 Å². The van der Waals surface area contributed by atoms with E-state index in [4.69, 9.17) is 15.6 Å². The Morgan fingerprint density at radius 1 is 1.53 bits per heavy atom. The second-order valence-electron chi connectivity index (χ2n) is 4.37. The van der Waals surface area contributed by atoms with Gasteiger partial charge in [0.15, 0.2) is 0 Å². The van der Waals surface area contributed by atoms with Gasteiger partial charge < -0.3 is 20.5 Å². The van der Waals surface area contributed by atoms with E-state index < -0.39 is 24.0 Å². The van der Waals surface area contributed by atoms with Gasteiger partial charge in [0.2, 0.25) is 5.91 Å². The summed E-state index contributed by atoms with van der Waals surface area (Å²) in [6, 6.07) is -1.01. The molecule has 0 aromatic heterocycles. The summed E-state index contributed by atoms with van der Waals surface area (Å²) in [7, 11) is 0. The Balaban J connectivity index is 2.82. The summed E-state index contributed by atoms with van der Waals surface area (Å²) in [6.45, 7) is 4.49. The minimum Gasteiger partial charge on any atom is -0.481 e. The maximum absolute atomic E-state index is 11.9. The highest BCUT2D eigenvalue weighted by Gasteiger charge is 2.40. The van der Waals surface area contributed by atoms with E-state index >= 15 is 0 Å². The number of rotatable bonds is 5. The van der Waals surface area contributed by atoms with Gasteiger partial charge in [0.1, 0.15) is 5.92 Å². The first-order valence-electron chi connectivity index (χ1n) is 5.85. The molecule has 0 saturated carbocycles. The topological polar surface area (TPSA) is 92.9 Å². The van der Waals surface area contributed by atoms with Crippen LogP contribution in [0.5, 0.6) is 0 Å². The van der Waals surface area contributed by atoms with Crippen molar-refractivity contribution in [3.05, 3.63) is 0 Å². The molecule has 6 nitrogen and oxygen atoms in total. The zero-order chi connectivity index (χ0) is 13.0. The van der Waals surface area contributed by atoms with Crippen LogP contribution in [0.25, 0.3) is 0 Å². The van der Waals surface area contributed by atoms with Crippen LogP contribution in [0.15, 0.2) is 0 Å². The van der Waals surface area contributed by atoms with Crippen LogP contribution in [-0.2, 0) is 14.3 Å². The Kier molecular flexibility index (Phi) is 4.89.